The summed E-state index contributed by atoms with van der Waals surface area (Å²) in [5.41, 5.74) is 3.75. The third-order valence-electron chi connectivity index (χ3n) is 7.13. The highest BCUT2D eigenvalue weighted by Crippen LogP contribution is 2.64. The molecule has 0 saturated carbocycles. The molecule has 2 atom stereocenters. The summed E-state index contributed by atoms with van der Waals surface area (Å²) in [5.74, 6) is -1.67. The van der Waals surface area contributed by atoms with E-state index in [0.717, 1.165) is 25.8 Å². The highest BCUT2D eigenvalue weighted by Gasteiger charge is 2.68. The number of nitrogens with zero attached hydrogens (tertiary/aromatic N) is 1. The average molecular weight is 507 g/mol. The molecule has 3 aliphatic carbocycles. The highest BCUT2D eigenvalue weighted by molar-refractivity contribution is 14.1. The number of aliphatic hydroxyl groups excluding tert-OH is 1. The molecule has 1 fully saturated rings. The van der Waals surface area contributed by atoms with E-state index in [9.17, 15) is 14.7 Å². The number of imide groups is 1. The summed E-state index contributed by atoms with van der Waals surface area (Å²) in [6.45, 7) is -0.214. The number of benzene rings is 3. The van der Waals surface area contributed by atoms with E-state index in [1.54, 1.807) is 0 Å². The van der Waals surface area contributed by atoms with Crippen LogP contribution in [0.25, 0.3) is 0 Å². The normalized spacial score (nSPS) is 28.3. The first kappa shape index (κ1) is 18.3. The number of rotatable bonds is 2. The lowest BCUT2D eigenvalue weighted by molar-refractivity contribution is -0.124. The number of hydrogen-bond acceptors (Lipinski definition) is 3. The molecule has 3 aromatic rings. The molecule has 30 heavy (non-hydrogen) atoms. The molecule has 5 heteroatoms. The van der Waals surface area contributed by atoms with Crippen molar-refractivity contribution >= 4 is 40.1 Å². The van der Waals surface area contributed by atoms with Gasteiger partial charge in [0.15, 0.2) is 0 Å². The van der Waals surface area contributed by atoms with Gasteiger partial charge in [0, 0.05) is 9.49 Å². The Morgan fingerprint density at radius 1 is 0.833 bits per heavy atom. The van der Waals surface area contributed by atoms with Gasteiger partial charge in [0.2, 0.25) is 11.8 Å². The van der Waals surface area contributed by atoms with Gasteiger partial charge in [0.05, 0.1) is 29.5 Å². The molecule has 0 unspecified atom stereocenters. The van der Waals surface area contributed by atoms with Crippen molar-refractivity contribution in [1.29, 1.82) is 0 Å². The summed E-state index contributed by atoms with van der Waals surface area (Å²) < 4.78 is 1.04. The van der Waals surface area contributed by atoms with Crippen LogP contribution in [0.4, 0.5) is 5.69 Å². The molecule has 1 saturated heterocycles. The maximum absolute atomic E-state index is 13.8. The van der Waals surface area contributed by atoms with E-state index in [2.05, 4.69) is 22.6 Å². The summed E-state index contributed by atoms with van der Waals surface area (Å²) in [6, 6.07) is 23.4. The van der Waals surface area contributed by atoms with Crippen molar-refractivity contribution < 1.29 is 14.7 Å². The molecule has 0 aromatic heterocycles. The van der Waals surface area contributed by atoms with Crippen molar-refractivity contribution in [3.63, 3.8) is 0 Å². The predicted octanol–water partition coefficient (Wildman–Crippen LogP) is 3.83. The van der Waals surface area contributed by atoms with Crippen LogP contribution in [-0.2, 0) is 15.0 Å². The Kier molecular flexibility index (Phi) is 3.81. The van der Waals surface area contributed by atoms with Crippen LogP contribution >= 0.6 is 22.6 Å². The second kappa shape index (κ2) is 6.25. The third-order valence-corrected chi connectivity index (χ3v) is 7.85. The smallest absolute Gasteiger partial charge is 0.239 e. The molecule has 1 aliphatic heterocycles. The average Bonchev–Trinajstić information content (AvgIpc) is 3.05. The van der Waals surface area contributed by atoms with E-state index in [4.69, 9.17) is 0 Å². The standard InChI is InChI=1S/C25H18INO3/c26-14-9-11-15(12-10-14)27-23(29)21-20-16-5-1-3-7-18(16)25(13-28,22(21)24(27)30)19-8-4-2-6-17(19)20/h1-12,20-22,28H,13H2/t20?,21-,22+,25?/m0/s1. The molecular weight excluding hydrogens is 489 g/mol. The Morgan fingerprint density at radius 3 is 1.97 bits per heavy atom. The Labute approximate surface area is 187 Å². The van der Waals surface area contributed by atoms with Crippen LogP contribution in [0.15, 0.2) is 72.8 Å². The lowest BCUT2D eigenvalue weighted by Gasteiger charge is -2.53. The van der Waals surface area contributed by atoms with Crippen molar-refractivity contribution in [3.8, 4) is 0 Å². The second-order valence-electron chi connectivity index (χ2n) is 8.27. The molecule has 3 aromatic carbocycles. The molecule has 2 bridgehead atoms. The van der Waals surface area contributed by atoms with Gasteiger partial charge < -0.3 is 5.11 Å². The fourth-order valence-corrected chi connectivity index (χ4v) is 6.40. The SMILES string of the molecule is O=C1[C@H]2C3c4ccccc4C(CO)(c4ccccc43)[C@H]2C(=O)N1c1ccc(I)cc1. The van der Waals surface area contributed by atoms with Gasteiger partial charge in [-0.25, -0.2) is 4.90 Å². The summed E-state index contributed by atoms with van der Waals surface area (Å²) >= 11 is 2.21. The highest BCUT2D eigenvalue weighted by atomic mass is 127. The van der Waals surface area contributed by atoms with Crippen LogP contribution in [0.5, 0.6) is 0 Å². The van der Waals surface area contributed by atoms with Gasteiger partial charge in [-0.05, 0) is 69.1 Å². The number of amides is 2. The van der Waals surface area contributed by atoms with Gasteiger partial charge in [-0.1, -0.05) is 48.5 Å². The minimum absolute atomic E-state index is 0.168. The monoisotopic (exact) mass is 507 g/mol. The van der Waals surface area contributed by atoms with Crippen LogP contribution in [-0.4, -0.2) is 23.5 Å². The molecule has 148 valence electrons. The lowest BCUT2D eigenvalue weighted by atomic mass is 9.47. The summed E-state index contributed by atoms with van der Waals surface area (Å²) in [6.07, 6.45) is 0. The largest absolute Gasteiger partial charge is 0.395 e. The van der Waals surface area contributed by atoms with Crippen molar-refractivity contribution in [2.75, 3.05) is 11.5 Å². The molecule has 0 spiro atoms. The number of anilines is 1. The molecule has 0 radical (unpaired) electrons. The maximum atomic E-state index is 13.8. The van der Waals surface area contributed by atoms with E-state index in [1.165, 1.54) is 4.90 Å². The van der Waals surface area contributed by atoms with Crippen LogP contribution < -0.4 is 4.90 Å². The van der Waals surface area contributed by atoms with Crippen molar-refractivity contribution in [2.45, 2.75) is 11.3 Å². The quantitative estimate of drug-likeness (QED) is 0.424. The van der Waals surface area contributed by atoms with Crippen molar-refractivity contribution in [2.24, 2.45) is 11.8 Å². The molecule has 1 N–H and O–H groups in total. The Morgan fingerprint density at radius 2 is 1.40 bits per heavy atom. The van der Waals surface area contributed by atoms with Gasteiger partial charge in [-0.3, -0.25) is 9.59 Å². The molecular formula is C25H18INO3. The zero-order valence-electron chi connectivity index (χ0n) is 16.0. The molecule has 2 amide bonds. The van der Waals surface area contributed by atoms with Crippen molar-refractivity contribution in [1.82, 2.24) is 0 Å². The summed E-state index contributed by atoms with van der Waals surface area (Å²) in [5, 5.41) is 10.8. The first-order valence-corrected chi connectivity index (χ1v) is 11.1. The number of carbonyl (C=O) groups excluding carboxylic acids is 2. The second-order valence-corrected chi connectivity index (χ2v) is 9.52. The minimum atomic E-state index is -0.905. The minimum Gasteiger partial charge on any atom is -0.395 e. The fraction of sp³-hybridized carbons (Fsp3) is 0.200. The van der Waals surface area contributed by atoms with Gasteiger partial charge in [-0.2, -0.15) is 0 Å². The number of aliphatic hydroxyl groups is 1. The van der Waals surface area contributed by atoms with Crippen LogP contribution in [0.3, 0.4) is 0 Å². The first-order valence-electron chi connectivity index (χ1n) is 10.0. The van der Waals surface area contributed by atoms with E-state index in [0.29, 0.717) is 5.69 Å². The number of halogens is 1. The third kappa shape index (κ3) is 2.04. The van der Waals surface area contributed by atoms with E-state index in [1.807, 2.05) is 72.8 Å². The zero-order valence-corrected chi connectivity index (χ0v) is 18.1. The molecule has 4 aliphatic rings. The van der Waals surface area contributed by atoms with Gasteiger partial charge >= 0.3 is 0 Å². The summed E-state index contributed by atoms with van der Waals surface area (Å²) in [4.78, 5) is 28.9. The Bertz CT molecular complexity index is 1170. The molecule has 4 nitrogen and oxygen atoms in total. The zero-order chi connectivity index (χ0) is 20.6. The number of carbonyl (C=O) groups is 2. The van der Waals surface area contributed by atoms with Crippen LogP contribution in [0.2, 0.25) is 0 Å². The molecule has 7 rings (SSSR count). The first-order chi connectivity index (χ1) is 14.6. The number of hydrogen-bond donors (Lipinski definition) is 1. The lowest BCUT2D eigenvalue weighted by Crippen LogP contribution is -2.55. The van der Waals surface area contributed by atoms with Crippen LogP contribution in [0, 0.1) is 15.4 Å². The van der Waals surface area contributed by atoms with Gasteiger partial charge in [0.25, 0.3) is 0 Å². The van der Waals surface area contributed by atoms with E-state index < -0.39 is 17.3 Å². The Hall–Kier alpha value is -2.51. The summed E-state index contributed by atoms with van der Waals surface area (Å²) in [7, 11) is 0. The van der Waals surface area contributed by atoms with Gasteiger partial charge in [0.1, 0.15) is 0 Å². The molecule has 1 heterocycles. The van der Waals surface area contributed by atoms with E-state index >= 15 is 0 Å². The van der Waals surface area contributed by atoms with E-state index in [-0.39, 0.29) is 24.3 Å². The van der Waals surface area contributed by atoms with Crippen LogP contribution in [0.1, 0.15) is 28.2 Å². The fourth-order valence-electron chi connectivity index (χ4n) is 6.04. The van der Waals surface area contributed by atoms with Crippen molar-refractivity contribution in [3.05, 3.63) is 98.6 Å². The van der Waals surface area contributed by atoms with Gasteiger partial charge in [-0.15, -0.1) is 0 Å². The Balaban J connectivity index is 1.63. The maximum Gasteiger partial charge on any atom is 0.239 e. The topological polar surface area (TPSA) is 57.6 Å². The predicted molar refractivity (Wildman–Crippen MR) is 121 cm³/mol.